The summed E-state index contributed by atoms with van der Waals surface area (Å²) in [7, 11) is -1.36. The lowest BCUT2D eigenvalue weighted by Crippen LogP contribution is -2.50. The van der Waals surface area contributed by atoms with Crippen molar-refractivity contribution in [3.63, 3.8) is 0 Å². The van der Waals surface area contributed by atoms with Gasteiger partial charge in [-0.15, -0.1) is 0 Å². The molecular weight excluding hydrogens is 316 g/mol. The number of pyridine rings is 1. The van der Waals surface area contributed by atoms with Crippen LogP contribution in [0.2, 0.25) is 0 Å². The highest BCUT2D eigenvalue weighted by Crippen LogP contribution is 2.29. The molecule has 2 rings (SSSR count). The molecule has 0 bridgehead atoms. The zero-order chi connectivity index (χ0) is 17.3. The van der Waals surface area contributed by atoms with Crippen LogP contribution in [0.5, 0.6) is 0 Å². The molecule has 0 spiro atoms. The van der Waals surface area contributed by atoms with Gasteiger partial charge in [0.2, 0.25) is 0 Å². The Morgan fingerprint density at radius 2 is 2.13 bits per heavy atom. The quantitative estimate of drug-likeness (QED) is 0.851. The van der Waals surface area contributed by atoms with Crippen molar-refractivity contribution in [1.82, 2.24) is 9.71 Å². The van der Waals surface area contributed by atoms with E-state index in [9.17, 15) is 9.32 Å². The van der Waals surface area contributed by atoms with Crippen LogP contribution >= 0.6 is 0 Å². The van der Waals surface area contributed by atoms with Crippen LogP contribution in [-0.4, -0.2) is 43.6 Å². The van der Waals surface area contributed by atoms with E-state index >= 15 is 0 Å². The van der Waals surface area contributed by atoms with Crippen LogP contribution in [-0.2, 0) is 20.5 Å². The maximum absolute atomic E-state index is 12.5. The van der Waals surface area contributed by atoms with E-state index in [-0.39, 0.29) is 0 Å². The van der Waals surface area contributed by atoms with Crippen molar-refractivity contribution in [1.29, 1.82) is 0 Å². The Morgan fingerprint density at radius 3 is 2.61 bits per heavy atom. The Morgan fingerprint density at radius 1 is 1.43 bits per heavy atom. The molecule has 130 valence electrons. The van der Waals surface area contributed by atoms with E-state index in [0.29, 0.717) is 12.3 Å². The molecule has 1 aliphatic heterocycles. The van der Waals surface area contributed by atoms with E-state index < -0.39 is 39.8 Å². The summed E-state index contributed by atoms with van der Waals surface area (Å²) in [5.74, 6) is -0.725. The van der Waals surface area contributed by atoms with Gasteiger partial charge in [0.1, 0.15) is 12.2 Å². The summed E-state index contributed by atoms with van der Waals surface area (Å²) >= 11 is 0. The molecule has 1 saturated heterocycles. The summed E-state index contributed by atoms with van der Waals surface area (Å²) in [6.45, 7) is 9.56. The van der Waals surface area contributed by atoms with Gasteiger partial charge in [0.15, 0.2) is 5.79 Å². The number of aliphatic hydroxyl groups excluding tert-OH is 1. The third kappa shape index (κ3) is 4.81. The van der Waals surface area contributed by atoms with Crippen LogP contribution in [0.3, 0.4) is 0 Å². The van der Waals surface area contributed by atoms with Crippen molar-refractivity contribution in [2.24, 2.45) is 0 Å². The third-order valence-electron chi connectivity index (χ3n) is 3.56. The van der Waals surface area contributed by atoms with Crippen LogP contribution in [0.25, 0.3) is 0 Å². The lowest BCUT2D eigenvalue weighted by molar-refractivity contribution is -0.144. The van der Waals surface area contributed by atoms with E-state index in [1.165, 1.54) is 0 Å². The van der Waals surface area contributed by atoms with Gasteiger partial charge in [0, 0.05) is 6.20 Å². The molecule has 0 aliphatic carbocycles. The van der Waals surface area contributed by atoms with E-state index in [1.807, 2.05) is 34.6 Å². The minimum Gasteiger partial charge on any atom is -0.385 e. The van der Waals surface area contributed by atoms with E-state index in [2.05, 4.69) is 9.71 Å². The van der Waals surface area contributed by atoms with Crippen molar-refractivity contribution in [2.45, 2.75) is 63.4 Å². The molecule has 2 heterocycles. The minimum absolute atomic E-state index is 0.315. The minimum atomic E-state index is -1.36. The van der Waals surface area contributed by atoms with Crippen molar-refractivity contribution >= 4 is 11.0 Å². The van der Waals surface area contributed by atoms with E-state index in [4.69, 9.17) is 9.47 Å². The summed E-state index contributed by atoms with van der Waals surface area (Å²) < 4.78 is 26.5. The van der Waals surface area contributed by atoms with Gasteiger partial charge in [0.25, 0.3) is 0 Å². The number of hydrogen-bond donors (Lipinski definition) is 2. The summed E-state index contributed by atoms with van der Waals surface area (Å²) in [6, 6.07) is 4.73. The largest absolute Gasteiger partial charge is 0.385 e. The second kappa shape index (κ2) is 6.94. The second-order valence-corrected chi connectivity index (χ2v) is 9.09. The van der Waals surface area contributed by atoms with Crippen LogP contribution in [0.1, 0.15) is 46.4 Å². The third-order valence-corrected chi connectivity index (χ3v) is 5.16. The summed E-state index contributed by atoms with van der Waals surface area (Å²) in [6.07, 6.45) is 0.241. The first-order valence-electron chi connectivity index (χ1n) is 7.69. The Bertz CT molecular complexity index is 545. The van der Waals surface area contributed by atoms with Gasteiger partial charge in [-0.05, 0) is 46.8 Å². The maximum atomic E-state index is 12.5. The summed E-state index contributed by atoms with van der Waals surface area (Å²) in [5, 5.41) is 10.7. The molecule has 2 unspecified atom stereocenters. The fourth-order valence-corrected chi connectivity index (χ4v) is 3.15. The van der Waals surface area contributed by atoms with Gasteiger partial charge in [0.05, 0.1) is 34.1 Å². The van der Waals surface area contributed by atoms with Crippen LogP contribution < -0.4 is 4.72 Å². The fraction of sp³-hybridized carbons (Fsp3) is 0.688. The first kappa shape index (κ1) is 18.5. The normalized spacial score (nSPS) is 25.0. The number of hydrogen-bond acceptors (Lipinski definition) is 5. The predicted octanol–water partition coefficient (Wildman–Crippen LogP) is 1.69. The molecule has 1 fully saturated rings. The molecule has 7 heteroatoms. The van der Waals surface area contributed by atoms with Crippen molar-refractivity contribution < 1.29 is 18.8 Å². The average Bonchev–Trinajstić information content (AvgIpc) is 2.83. The predicted molar refractivity (Wildman–Crippen MR) is 88.9 cm³/mol. The number of ether oxygens (including phenoxy) is 2. The van der Waals surface area contributed by atoms with E-state index in [1.54, 1.807) is 24.4 Å². The molecule has 23 heavy (non-hydrogen) atoms. The number of aromatic nitrogens is 1. The highest BCUT2D eigenvalue weighted by atomic mass is 32.2. The van der Waals surface area contributed by atoms with Crippen molar-refractivity contribution in [3.05, 3.63) is 30.1 Å². The maximum Gasteiger partial charge on any atom is 0.163 e. The van der Waals surface area contributed by atoms with Crippen molar-refractivity contribution in [2.75, 3.05) is 6.61 Å². The fourth-order valence-electron chi connectivity index (χ4n) is 2.27. The van der Waals surface area contributed by atoms with E-state index in [0.717, 1.165) is 0 Å². The first-order valence-corrected chi connectivity index (χ1v) is 8.84. The Hall–Kier alpha value is -0.860. The molecule has 1 aromatic heterocycles. The molecule has 1 aliphatic rings. The molecule has 0 amide bonds. The number of nitrogens with one attached hydrogen (secondary N) is 1. The van der Waals surface area contributed by atoms with Gasteiger partial charge in [-0.25, -0.2) is 8.93 Å². The summed E-state index contributed by atoms with van der Waals surface area (Å²) in [4.78, 5) is 4.19. The topological polar surface area (TPSA) is 80.7 Å². The molecule has 4 atom stereocenters. The number of aliphatic hydroxyl groups is 1. The Labute approximate surface area is 140 Å². The van der Waals surface area contributed by atoms with Gasteiger partial charge < -0.3 is 14.6 Å². The molecule has 0 saturated carbocycles. The first-order chi connectivity index (χ1) is 10.6. The SMILES string of the molecule is CC1(C)OC[C@H]([C@H](NS(=O)C(C)(C)C)C(O)c2ccccn2)O1. The Kier molecular flexibility index (Phi) is 5.58. The zero-order valence-corrected chi connectivity index (χ0v) is 15.1. The molecule has 0 radical (unpaired) electrons. The second-order valence-electron chi connectivity index (χ2n) is 7.09. The number of nitrogens with zero attached hydrogens (tertiary/aromatic N) is 1. The van der Waals surface area contributed by atoms with Crippen LogP contribution in [0, 0.1) is 0 Å². The highest BCUT2D eigenvalue weighted by Gasteiger charge is 2.42. The lowest BCUT2D eigenvalue weighted by atomic mass is 10.0. The molecule has 0 aromatic carbocycles. The van der Waals surface area contributed by atoms with Gasteiger partial charge >= 0.3 is 0 Å². The molecule has 1 aromatic rings. The van der Waals surface area contributed by atoms with Gasteiger partial charge in [-0.2, -0.15) is 0 Å². The highest BCUT2D eigenvalue weighted by molar-refractivity contribution is 7.84. The molecular formula is C16H26N2O4S. The zero-order valence-electron chi connectivity index (χ0n) is 14.3. The van der Waals surface area contributed by atoms with Crippen molar-refractivity contribution in [3.8, 4) is 0 Å². The lowest BCUT2D eigenvalue weighted by Gasteiger charge is -2.31. The van der Waals surface area contributed by atoms with Gasteiger partial charge in [-0.1, -0.05) is 6.07 Å². The van der Waals surface area contributed by atoms with Crippen LogP contribution in [0.15, 0.2) is 24.4 Å². The van der Waals surface area contributed by atoms with Crippen LogP contribution in [0.4, 0.5) is 0 Å². The molecule has 2 N–H and O–H groups in total. The standard InChI is InChI=1S/C16H26N2O4S/c1-15(2,3)23(20)18-13(12-10-21-16(4,5)22-12)14(19)11-8-6-7-9-17-11/h6-9,12-14,18-19H,10H2,1-5H3/t12-,13+,14?,23?/m1/s1. The number of rotatable bonds is 5. The summed E-state index contributed by atoms with van der Waals surface area (Å²) in [5.41, 5.74) is 0.504. The molecule has 6 nitrogen and oxygen atoms in total. The van der Waals surface area contributed by atoms with Gasteiger partial charge in [-0.3, -0.25) is 4.98 Å². The monoisotopic (exact) mass is 342 g/mol. The Balaban J connectivity index is 2.23. The average molecular weight is 342 g/mol. The smallest absolute Gasteiger partial charge is 0.163 e.